The first-order chi connectivity index (χ1) is 11.1. The molecule has 1 aromatic carbocycles. The van der Waals surface area contributed by atoms with E-state index in [0.717, 1.165) is 25.4 Å². The van der Waals surface area contributed by atoms with Crippen LogP contribution in [0.25, 0.3) is 0 Å². The number of amides is 2. The van der Waals surface area contributed by atoms with Crippen LogP contribution in [-0.4, -0.2) is 73.9 Å². The Kier molecular flexibility index (Phi) is 6.67. The molecule has 0 saturated carbocycles. The number of halogens is 1. The Balaban J connectivity index is 1.69. The van der Waals surface area contributed by atoms with E-state index in [1.165, 1.54) is 0 Å². The van der Waals surface area contributed by atoms with Crippen LogP contribution in [0.4, 0.5) is 0 Å². The van der Waals surface area contributed by atoms with Gasteiger partial charge in [-0.05, 0) is 24.3 Å². The molecule has 0 bridgehead atoms. The lowest BCUT2D eigenvalue weighted by molar-refractivity contribution is -0.130. The van der Waals surface area contributed by atoms with Crippen LogP contribution in [0, 0.1) is 0 Å². The summed E-state index contributed by atoms with van der Waals surface area (Å²) in [5.74, 6) is 0.659. The van der Waals surface area contributed by atoms with Gasteiger partial charge in [0, 0.05) is 44.8 Å². The van der Waals surface area contributed by atoms with Crippen molar-refractivity contribution in [2.45, 2.75) is 0 Å². The number of carbonyl (C=O) groups is 2. The predicted molar refractivity (Wildman–Crippen MR) is 89.1 cm³/mol. The van der Waals surface area contributed by atoms with E-state index in [4.69, 9.17) is 16.3 Å². The zero-order valence-corrected chi connectivity index (χ0v) is 14.0. The lowest BCUT2D eigenvalue weighted by Crippen LogP contribution is -2.50. The second-order valence-electron chi connectivity index (χ2n) is 5.34. The second-order valence-corrected chi connectivity index (χ2v) is 5.61. The average Bonchev–Trinajstić information content (AvgIpc) is 2.61. The van der Waals surface area contributed by atoms with Crippen LogP contribution in [0.2, 0.25) is 0 Å². The van der Waals surface area contributed by atoms with E-state index in [2.05, 4.69) is 10.2 Å². The van der Waals surface area contributed by atoms with Crippen molar-refractivity contribution >= 4 is 23.4 Å². The van der Waals surface area contributed by atoms with Gasteiger partial charge in [0.25, 0.3) is 5.91 Å². The van der Waals surface area contributed by atoms with Gasteiger partial charge in [0.1, 0.15) is 11.6 Å². The first-order valence-corrected chi connectivity index (χ1v) is 8.16. The largest absolute Gasteiger partial charge is 0.497 e. The standard InChI is InChI=1S/C16H22ClN3O3/c1-23-14-4-2-13(3-5-14)16(22)18-6-7-19-8-10-20(11-9-19)15(21)12-17/h2-5H,6-12H2,1H3,(H,18,22). The predicted octanol–water partition coefficient (Wildman–Crippen LogP) is 0.808. The maximum absolute atomic E-state index is 12.0. The zero-order valence-electron chi connectivity index (χ0n) is 13.3. The van der Waals surface area contributed by atoms with Crippen molar-refractivity contribution in [2.75, 3.05) is 52.3 Å². The molecule has 1 aliphatic rings. The summed E-state index contributed by atoms with van der Waals surface area (Å²) >= 11 is 5.56. The third-order valence-electron chi connectivity index (χ3n) is 3.91. The van der Waals surface area contributed by atoms with Gasteiger partial charge in [-0.25, -0.2) is 0 Å². The number of benzene rings is 1. The van der Waals surface area contributed by atoms with E-state index in [0.29, 0.717) is 25.2 Å². The number of nitrogens with one attached hydrogen (secondary N) is 1. The molecule has 126 valence electrons. The number of methoxy groups -OCH3 is 1. The highest BCUT2D eigenvalue weighted by Crippen LogP contribution is 2.11. The first kappa shape index (κ1) is 17.6. The van der Waals surface area contributed by atoms with Crippen LogP contribution in [0.5, 0.6) is 5.75 Å². The molecule has 0 radical (unpaired) electrons. The Labute approximate surface area is 141 Å². The summed E-state index contributed by atoms with van der Waals surface area (Å²) in [6.45, 7) is 4.34. The number of alkyl halides is 1. The number of hydrogen-bond acceptors (Lipinski definition) is 4. The fourth-order valence-electron chi connectivity index (χ4n) is 2.48. The SMILES string of the molecule is COc1ccc(C(=O)NCCN2CCN(C(=O)CCl)CC2)cc1. The topological polar surface area (TPSA) is 61.9 Å². The summed E-state index contributed by atoms with van der Waals surface area (Å²) in [6, 6.07) is 7.01. The third-order valence-corrected chi connectivity index (χ3v) is 4.13. The number of ether oxygens (including phenoxy) is 1. The molecular formula is C16H22ClN3O3. The van der Waals surface area contributed by atoms with Crippen LogP contribution in [0.3, 0.4) is 0 Å². The highest BCUT2D eigenvalue weighted by Gasteiger charge is 2.20. The van der Waals surface area contributed by atoms with Gasteiger partial charge < -0.3 is 15.0 Å². The fraction of sp³-hybridized carbons (Fsp3) is 0.500. The summed E-state index contributed by atoms with van der Waals surface area (Å²) in [7, 11) is 1.59. The Bertz CT molecular complexity index is 528. The van der Waals surface area contributed by atoms with Crippen molar-refractivity contribution < 1.29 is 14.3 Å². The molecule has 0 aromatic heterocycles. The van der Waals surface area contributed by atoms with Crippen LogP contribution < -0.4 is 10.1 Å². The van der Waals surface area contributed by atoms with E-state index in [1.807, 2.05) is 0 Å². The highest BCUT2D eigenvalue weighted by molar-refractivity contribution is 6.27. The summed E-state index contributed by atoms with van der Waals surface area (Å²) in [6.07, 6.45) is 0. The highest BCUT2D eigenvalue weighted by atomic mass is 35.5. The molecule has 2 amide bonds. The van der Waals surface area contributed by atoms with Crippen LogP contribution in [0.1, 0.15) is 10.4 Å². The van der Waals surface area contributed by atoms with Crippen LogP contribution in [0.15, 0.2) is 24.3 Å². The van der Waals surface area contributed by atoms with Gasteiger partial charge in [0.05, 0.1) is 7.11 Å². The molecule has 0 spiro atoms. The van der Waals surface area contributed by atoms with Crippen molar-refractivity contribution in [1.82, 2.24) is 15.1 Å². The minimum Gasteiger partial charge on any atom is -0.497 e. The van der Waals surface area contributed by atoms with Gasteiger partial charge in [-0.15, -0.1) is 11.6 Å². The fourth-order valence-corrected chi connectivity index (χ4v) is 2.65. The number of carbonyl (C=O) groups excluding carboxylic acids is 2. The Morgan fingerprint density at radius 2 is 1.83 bits per heavy atom. The smallest absolute Gasteiger partial charge is 0.251 e. The van der Waals surface area contributed by atoms with E-state index in [-0.39, 0.29) is 17.7 Å². The quantitative estimate of drug-likeness (QED) is 0.779. The molecule has 1 heterocycles. The van der Waals surface area contributed by atoms with E-state index in [9.17, 15) is 9.59 Å². The van der Waals surface area contributed by atoms with Gasteiger partial charge in [-0.2, -0.15) is 0 Å². The molecule has 1 aromatic rings. The number of rotatable bonds is 6. The Morgan fingerprint density at radius 3 is 2.39 bits per heavy atom. The van der Waals surface area contributed by atoms with Crippen LogP contribution >= 0.6 is 11.6 Å². The number of nitrogens with zero attached hydrogens (tertiary/aromatic N) is 2. The van der Waals surface area contributed by atoms with Gasteiger partial charge in [0.15, 0.2) is 0 Å². The molecule has 2 rings (SSSR count). The maximum Gasteiger partial charge on any atom is 0.251 e. The normalized spacial score (nSPS) is 15.3. The second kappa shape index (κ2) is 8.74. The molecule has 6 nitrogen and oxygen atoms in total. The zero-order chi connectivity index (χ0) is 16.7. The molecule has 1 fully saturated rings. The monoisotopic (exact) mass is 339 g/mol. The lowest BCUT2D eigenvalue weighted by atomic mass is 10.2. The molecular weight excluding hydrogens is 318 g/mol. The molecule has 0 unspecified atom stereocenters. The molecule has 1 aliphatic heterocycles. The molecule has 1 N–H and O–H groups in total. The van der Waals surface area contributed by atoms with Crippen molar-refractivity contribution in [3.63, 3.8) is 0 Å². The Hall–Kier alpha value is -1.79. The van der Waals surface area contributed by atoms with Crippen LogP contribution in [-0.2, 0) is 4.79 Å². The first-order valence-electron chi connectivity index (χ1n) is 7.62. The van der Waals surface area contributed by atoms with Gasteiger partial charge in [-0.1, -0.05) is 0 Å². The van der Waals surface area contributed by atoms with E-state index >= 15 is 0 Å². The molecule has 0 aliphatic carbocycles. The van der Waals surface area contributed by atoms with E-state index < -0.39 is 0 Å². The molecule has 7 heteroatoms. The molecule has 23 heavy (non-hydrogen) atoms. The average molecular weight is 340 g/mol. The number of hydrogen-bond donors (Lipinski definition) is 1. The van der Waals surface area contributed by atoms with Gasteiger partial charge in [0.2, 0.25) is 5.91 Å². The lowest BCUT2D eigenvalue weighted by Gasteiger charge is -2.34. The van der Waals surface area contributed by atoms with Crippen molar-refractivity contribution in [3.05, 3.63) is 29.8 Å². The van der Waals surface area contributed by atoms with Crippen molar-refractivity contribution in [3.8, 4) is 5.75 Å². The van der Waals surface area contributed by atoms with Gasteiger partial charge >= 0.3 is 0 Å². The summed E-state index contributed by atoms with van der Waals surface area (Å²) in [5, 5.41) is 2.91. The minimum atomic E-state index is -0.0939. The third kappa shape index (κ3) is 5.11. The summed E-state index contributed by atoms with van der Waals surface area (Å²) in [5.41, 5.74) is 0.614. The molecule has 1 saturated heterocycles. The maximum atomic E-state index is 12.0. The van der Waals surface area contributed by atoms with Crippen molar-refractivity contribution in [2.24, 2.45) is 0 Å². The Morgan fingerprint density at radius 1 is 1.17 bits per heavy atom. The van der Waals surface area contributed by atoms with E-state index in [1.54, 1.807) is 36.3 Å². The summed E-state index contributed by atoms with van der Waals surface area (Å²) in [4.78, 5) is 27.5. The number of piperazine rings is 1. The molecule has 0 atom stereocenters. The van der Waals surface area contributed by atoms with Crippen molar-refractivity contribution in [1.29, 1.82) is 0 Å². The van der Waals surface area contributed by atoms with Gasteiger partial charge in [-0.3, -0.25) is 14.5 Å². The summed E-state index contributed by atoms with van der Waals surface area (Å²) < 4.78 is 5.07. The minimum absolute atomic E-state index is 0.0147.